The molecule has 1 amide bonds. The molecule has 1 atom stereocenters. The van der Waals surface area contributed by atoms with E-state index in [9.17, 15) is 4.79 Å². The number of carbonyl (C=O) groups is 1. The summed E-state index contributed by atoms with van der Waals surface area (Å²) in [5.41, 5.74) is 5.48. The maximum atomic E-state index is 12.8. The van der Waals surface area contributed by atoms with Crippen molar-refractivity contribution < 1.29 is 14.3 Å². The Morgan fingerprint density at radius 2 is 1.79 bits per heavy atom. The van der Waals surface area contributed by atoms with E-state index in [1.807, 2.05) is 75.4 Å². The van der Waals surface area contributed by atoms with Gasteiger partial charge in [0.2, 0.25) is 0 Å². The molecule has 1 aromatic heterocycles. The molecular weight excluding hydrogens is 364 g/mol. The lowest BCUT2D eigenvalue weighted by Crippen LogP contribution is -2.26. The lowest BCUT2D eigenvalue weighted by Gasteiger charge is -2.21. The maximum absolute atomic E-state index is 12.8. The van der Waals surface area contributed by atoms with Crippen LogP contribution in [0.2, 0.25) is 0 Å². The average Bonchev–Trinajstić information content (AvgIpc) is 2.72. The summed E-state index contributed by atoms with van der Waals surface area (Å²) < 4.78 is 11.2. The molecule has 0 aliphatic carbocycles. The zero-order valence-electron chi connectivity index (χ0n) is 16.9. The largest absolute Gasteiger partial charge is 0.486 e. The minimum atomic E-state index is -0.165. The molecule has 2 heterocycles. The average molecular weight is 388 g/mol. The number of amides is 1. The van der Waals surface area contributed by atoms with E-state index in [0.717, 1.165) is 39.6 Å². The first-order valence-corrected chi connectivity index (χ1v) is 9.76. The quantitative estimate of drug-likeness (QED) is 0.708. The molecule has 29 heavy (non-hydrogen) atoms. The normalized spacial score (nSPS) is 13.6. The second-order valence-corrected chi connectivity index (χ2v) is 7.35. The Morgan fingerprint density at radius 1 is 1.00 bits per heavy atom. The summed E-state index contributed by atoms with van der Waals surface area (Å²) >= 11 is 0. The van der Waals surface area contributed by atoms with Crippen molar-refractivity contribution in [1.29, 1.82) is 0 Å². The second-order valence-electron chi connectivity index (χ2n) is 7.35. The van der Waals surface area contributed by atoms with E-state index in [2.05, 4.69) is 10.3 Å². The fourth-order valence-corrected chi connectivity index (χ4v) is 3.50. The maximum Gasteiger partial charge on any atom is 0.251 e. The molecule has 0 fully saturated rings. The van der Waals surface area contributed by atoms with Gasteiger partial charge in [0.15, 0.2) is 11.5 Å². The number of benzene rings is 2. The molecule has 0 radical (unpaired) electrons. The van der Waals surface area contributed by atoms with Gasteiger partial charge in [-0.1, -0.05) is 18.2 Å². The monoisotopic (exact) mass is 388 g/mol. The Morgan fingerprint density at radius 3 is 2.59 bits per heavy atom. The van der Waals surface area contributed by atoms with E-state index < -0.39 is 0 Å². The molecule has 5 heteroatoms. The first kappa shape index (κ1) is 19.0. The Bertz CT molecular complexity index is 1040. The highest BCUT2D eigenvalue weighted by molar-refractivity contribution is 5.95. The topological polar surface area (TPSA) is 60.5 Å². The van der Waals surface area contributed by atoms with Crippen LogP contribution in [0.4, 0.5) is 0 Å². The van der Waals surface area contributed by atoms with Gasteiger partial charge in [-0.15, -0.1) is 0 Å². The molecule has 0 saturated heterocycles. The Kier molecular flexibility index (Phi) is 5.21. The number of hydrogen-bond donors (Lipinski definition) is 1. The van der Waals surface area contributed by atoms with Crippen LogP contribution in [0.15, 0.2) is 54.6 Å². The molecule has 0 bridgehead atoms. The minimum absolute atomic E-state index is 0.126. The van der Waals surface area contributed by atoms with Crippen LogP contribution in [-0.2, 0) is 0 Å². The van der Waals surface area contributed by atoms with Crippen molar-refractivity contribution in [3.8, 4) is 22.8 Å². The molecule has 3 aromatic rings. The molecular formula is C24H24N2O3. The SMILES string of the molecule is Cc1cc(C)nc(-c2cccc(C(=O)NC(C)c3ccc4c(c3)OCCO4)c2)c1. The summed E-state index contributed by atoms with van der Waals surface area (Å²) in [6.07, 6.45) is 0. The minimum Gasteiger partial charge on any atom is -0.486 e. The van der Waals surface area contributed by atoms with Gasteiger partial charge in [0.25, 0.3) is 5.91 Å². The number of rotatable bonds is 4. The van der Waals surface area contributed by atoms with Gasteiger partial charge >= 0.3 is 0 Å². The summed E-state index contributed by atoms with van der Waals surface area (Å²) in [6, 6.07) is 17.2. The third-order valence-electron chi connectivity index (χ3n) is 4.93. The Balaban J connectivity index is 1.52. The fourth-order valence-electron chi connectivity index (χ4n) is 3.50. The smallest absolute Gasteiger partial charge is 0.251 e. The number of hydrogen-bond acceptors (Lipinski definition) is 4. The van der Waals surface area contributed by atoms with Crippen molar-refractivity contribution in [2.75, 3.05) is 13.2 Å². The summed E-state index contributed by atoms with van der Waals surface area (Å²) in [4.78, 5) is 17.4. The molecule has 0 saturated carbocycles. The number of pyridine rings is 1. The molecule has 1 N–H and O–H groups in total. The van der Waals surface area contributed by atoms with Gasteiger partial charge in [-0.05, 0) is 68.3 Å². The number of carbonyl (C=O) groups excluding carboxylic acids is 1. The van der Waals surface area contributed by atoms with Crippen LogP contribution in [-0.4, -0.2) is 24.1 Å². The highest BCUT2D eigenvalue weighted by Crippen LogP contribution is 2.32. The number of nitrogens with zero attached hydrogens (tertiary/aromatic N) is 1. The summed E-state index contributed by atoms with van der Waals surface area (Å²) in [6.45, 7) is 7.07. The number of ether oxygens (including phenoxy) is 2. The predicted octanol–water partition coefficient (Wildman–Crippen LogP) is 4.63. The Labute approximate surface area is 170 Å². The number of aromatic nitrogens is 1. The van der Waals surface area contributed by atoms with E-state index in [0.29, 0.717) is 18.8 Å². The van der Waals surface area contributed by atoms with Gasteiger partial charge in [0.05, 0.1) is 11.7 Å². The first-order chi connectivity index (χ1) is 14.0. The zero-order valence-corrected chi connectivity index (χ0v) is 16.9. The van der Waals surface area contributed by atoms with E-state index in [-0.39, 0.29) is 11.9 Å². The lowest BCUT2D eigenvalue weighted by molar-refractivity contribution is 0.0939. The number of nitrogens with one attached hydrogen (secondary N) is 1. The van der Waals surface area contributed by atoms with Crippen LogP contribution in [0.5, 0.6) is 11.5 Å². The fraction of sp³-hybridized carbons (Fsp3) is 0.250. The lowest BCUT2D eigenvalue weighted by atomic mass is 10.0. The highest BCUT2D eigenvalue weighted by atomic mass is 16.6. The predicted molar refractivity (Wildman–Crippen MR) is 112 cm³/mol. The van der Waals surface area contributed by atoms with Crippen LogP contribution in [0.3, 0.4) is 0 Å². The van der Waals surface area contributed by atoms with Gasteiger partial charge < -0.3 is 14.8 Å². The van der Waals surface area contributed by atoms with Crippen molar-refractivity contribution in [3.63, 3.8) is 0 Å². The molecule has 148 valence electrons. The molecule has 1 aliphatic rings. The molecule has 1 unspecified atom stereocenters. The van der Waals surface area contributed by atoms with Crippen molar-refractivity contribution in [1.82, 2.24) is 10.3 Å². The van der Waals surface area contributed by atoms with E-state index >= 15 is 0 Å². The number of aryl methyl sites for hydroxylation is 2. The third-order valence-corrected chi connectivity index (χ3v) is 4.93. The van der Waals surface area contributed by atoms with Crippen LogP contribution >= 0.6 is 0 Å². The van der Waals surface area contributed by atoms with Crippen molar-refractivity contribution >= 4 is 5.91 Å². The van der Waals surface area contributed by atoms with Gasteiger partial charge in [0.1, 0.15) is 13.2 Å². The molecule has 0 spiro atoms. The van der Waals surface area contributed by atoms with Crippen LogP contribution in [0.25, 0.3) is 11.3 Å². The van der Waals surface area contributed by atoms with E-state index in [4.69, 9.17) is 9.47 Å². The summed E-state index contributed by atoms with van der Waals surface area (Å²) in [7, 11) is 0. The van der Waals surface area contributed by atoms with Gasteiger partial charge in [-0.25, -0.2) is 0 Å². The van der Waals surface area contributed by atoms with Gasteiger partial charge in [-0.2, -0.15) is 0 Å². The van der Waals surface area contributed by atoms with Crippen molar-refractivity contribution in [3.05, 3.63) is 77.0 Å². The van der Waals surface area contributed by atoms with Crippen LogP contribution in [0, 0.1) is 13.8 Å². The van der Waals surface area contributed by atoms with E-state index in [1.54, 1.807) is 0 Å². The molecule has 2 aromatic carbocycles. The zero-order chi connectivity index (χ0) is 20.4. The van der Waals surface area contributed by atoms with Crippen LogP contribution < -0.4 is 14.8 Å². The summed E-state index contributed by atoms with van der Waals surface area (Å²) in [5.74, 6) is 1.34. The van der Waals surface area contributed by atoms with E-state index in [1.165, 1.54) is 0 Å². The second kappa shape index (κ2) is 7.95. The van der Waals surface area contributed by atoms with Crippen molar-refractivity contribution in [2.45, 2.75) is 26.8 Å². The van der Waals surface area contributed by atoms with Gasteiger partial charge in [-0.3, -0.25) is 9.78 Å². The molecule has 1 aliphatic heterocycles. The standard InChI is InChI=1S/C24H24N2O3/c1-15-11-16(2)25-21(12-15)19-5-4-6-20(13-19)24(27)26-17(3)18-7-8-22-23(14-18)29-10-9-28-22/h4-8,11-14,17H,9-10H2,1-3H3,(H,26,27). The number of fused-ring (bicyclic) bond motifs is 1. The Hall–Kier alpha value is -3.34. The summed E-state index contributed by atoms with van der Waals surface area (Å²) in [5, 5.41) is 3.06. The van der Waals surface area contributed by atoms with Crippen molar-refractivity contribution in [2.24, 2.45) is 0 Å². The highest BCUT2D eigenvalue weighted by Gasteiger charge is 2.17. The molecule has 4 rings (SSSR count). The first-order valence-electron chi connectivity index (χ1n) is 9.76. The van der Waals surface area contributed by atoms with Gasteiger partial charge in [0, 0.05) is 16.8 Å². The molecule has 5 nitrogen and oxygen atoms in total. The van der Waals surface area contributed by atoms with Crippen LogP contribution in [0.1, 0.15) is 40.1 Å². The third kappa shape index (κ3) is 4.24.